The van der Waals surface area contributed by atoms with Crippen molar-refractivity contribution in [3.8, 4) is 0 Å². The van der Waals surface area contributed by atoms with Gasteiger partial charge in [0.1, 0.15) is 0 Å². The van der Waals surface area contributed by atoms with Crippen LogP contribution >= 0.6 is 27.7 Å². The van der Waals surface area contributed by atoms with Crippen LogP contribution in [0.15, 0.2) is 15.3 Å². The van der Waals surface area contributed by atoms with Crippen molar-refractivity contribution >= 4 is 27.7 Å². The van der Waals surface area contributed by atoms with E-state index in [1.54, 1.807) is 0 Å². The summed E-state index contributed by atoms with van der Waals surface area (Å²) in [6, 6.07) is 1.82. The van der Waals surface area contributed by atoms with Gasteiger partial charge >= 0.3 is 0 Å². The number of H-pyrrole nitrogens is 1. The van der Waals surface area contributed by atoms with Crippen LogP contribution in [0.25, 0.3) is 0 Å². The molecule has 2 rings (SSSR count). The van der Waals surface area contributed by atoms with Gasteiger partial charge in [0.25, 0.3) is 5.56 Å². The van der Waals surface area contributed by atoms with E-state index >= 15 is 0 Å². The minimum Gasteiger partial charge on any atom is -0.267 e. The Morgan fingerprint density at radius 3 is 3.21 bits per heavy atom. The Bertz CT molecular complexity index is 373. The summed E-state index contributed by atoms with van der Waals surface area (Å²) in [4.78, 5) is 11.0. The van der Waals surface area contributed by atoms with E-state index in [2.05, 4.69) is 26.1 Å². The highest BCUT2D eigenvalue weighted by Gasteiger charge is 2.16. The van der Waals surface area contributed by atoms with E-state index in [1.807, 2.05) is 17.8 Å². The number of nitrogens with one attached hydrogen (secondary N) is 1. The lowest BCUT2D eigenvalue weighted by Gasteiger charge is -2.06. The summed E-state index contributed by atoms with van der Waals surface area (Å²) < 4.78 is 0.577. The van der Waals surface area contributed by atoms with Crippen LogP contribution in [0.2, 0.25) is 0 Å². The van der Waals surface area contributed by atoms with Gasteiger partial charge in [0, 0.05) is 0 Å². The summed E-state index contributed by atoms with van der Waals surface area (Å²) in [6.07, 6.45) is 2.24. The SMILES string of the molecule is O=c1[nH]nc(CC2CCSC2)cc1Br. The Balaban J connectivity index is 2.09. The second kappa shape index (κ2) is 4.49. The Labute approximate surface area is 94.8 Å². The van der Waals surface area contributed by atoms with Crippen molar-refractivity contribution in [2.75, 3.05) is 11.5 Å². The third kappa shape index (κ3) is 2.39. The third-order valence-electron chi connectivity index (χ3n) is 2.33. The zero-order valence-electron chi connectivity index (χ0n) is 7.62. The number of aromatic nitrogens is 2. The molecule has 1 fully saturated rings. The zero-order valence-corrected chi connectivity index (χ0v) is 10.0. The summed E-state index contributed by atoms with van der Waals surface area (Å²) >= 11 is 5.20. The first kappa shape index (κ1) is 10.2. The molecule has 2 heterocycles. The van der Waals surface area contributed by atoms with Gasteiger partial charge in [-0.2, -0.15) is 16.9 Å². The molecule has 1 aliphatic rings. The number of aromatic amines is 1. The Morgan fingerprint density at radius 2 is 2.57 bits per heavy atom. The van der Waals surface area contributed by atoms with Gasteiger partial charge < -0.3 is 0 Å². The van der Waals surface area contributed by atoms with Gasteiger partial charge in [-0.15, -0.1) is 0 Å². The number of nitrogens with zero attached hydrogens (tertiary/aromatic N) is 1. The van der Waals surface area contributed by atoms with Gasteiger partial charge in [-0.1, -0.05) is 0 Å². The van der Waals surface area contributed by atoms with Crippen LogP contribution in [-0.2, 0) is 6.42 Å². The van der Waals surface area contributed by atoms with E-state index in [9.17, 15) is 4.79 Å². The number of hydrogen-bond donors (Lipinski definition) is 1. The smallest absolute Gasteiger partial charge is 0.267 e. The minimum atomic E-state index is -0.158. The first-order valence-corrected chi connectivity index (χ1v) is 6.52. The molecule has 1 N–H and O–H groups in total. The van der Waals surface area contributed by atoms with E-state index in [4.69, 9.17) is 0 Å². The van der Waals surface area contributed by atoms with Crippen molar-refractivity contribution < 1.29 is 0 Å². The molecule has 1 saturated heterocycles. The first-order valence-electron chi connectivity index (χ1n) is 4.57. The molecule has 0 radical (unpaired) electrons. The van der Waals surface area contributed by atoms with Gasteiger partial charge in [0.05, 0.1) is 10.2 Å². The van der Waals surface area contributed by atoms with Crippen molar-refractivity contribution in [3.63, 3.8) is 0 Å². The number of rotatable bonds is 2. The molecule has 0 amide bonds. The molecule has 1 aromatic heterocycles. The summed E-state index contributed by atoms with van der Waals surface area (Å²) in [5.74, 6) is 3.21. The molecule has 0 bridgehead atoms. The van der Waals surface area contributed by atoms with Gasteiger partial charge in [0.15, 0.2) is 0 Å². The fourth-order valence-electron chi connectivity index (χ4n) is 1.56. The Hall–Kier alpha value is -0.290. The predicted molar refractivity (Wildman–Crippen MR) is 61.7 cm³/mol. The minimum absolute atomic E-state index is 0.158. The fraction of sp³-hybridized carbons (Fsp3) is 0.556. The van der Waals surface area contributed by atoms with Crippen LogP contribution < -0.4 is 5.56 Å². The van der Waals surface area contributed by atoms with Crippen LogP contribution in [0.3, 0.4) is 0 Å². The summed E-state index contributed by atoms with van der Waals surface area (Å²) in [7, 11) is 0. The maximum Gasteiger partial charge on any atom is 0.278 e. The molecule has 5 heteroatoms. The largest absolute Gasteiger partial charge is 0.278 e. The zero-order chi connectivity index (χ0) is 9.97. The highest BCUT2D eigenvalue weighted by atomic mass is 79.9. The first-order chi connectivity index (χ1) is 6.75. The van der Waals surface area contributed by atoms with Crippen LogP contribution in [0.1, 0.15) is 12.1 Å². The second-order valence-electron chi connectivity index (χ2n) is 3.47. The quantitative estimate of drug-likeness (QED) is 0.895. The van der Waals surface area contributed by atoms with Crippen molar-refractivity contribution in [3.05, 3.63) is 26.6 Å². The molecule has 0 aliphatic carbocycles. The van der Waals surface area contributed by atoms with Crippen molar-refractivity contribution in [2.45, 2.75) is 12.8 Å². The molecule has 1 aliphatic heterocycles. The number of hydrogen-bond acceptors (Lipinski definition) is 3. The average molecular weight is 275 g/mol. The summed E-state index contributed by atoms with van der Waals surface area (Å²) in [5, 5.41) is 6.51. The molecule has 1 unspecified atom stereocenters. The van der Waals surface area contributed by atoms with E-state index in [1.165, 1.54) is 17.9 Å². The summed E-state index contributed by atoms with van der Waals surface area (Å²) in [6.45, 7) is 0. The third-order valence-corrected chi connectivity index (χ3v) is 4.15. The van der Waals surface area contributed by atoms with Gasteiger partial charge in [-0.25, -0.2) is 5.10 Å². The molecule has 1 atom stereocenters. The fourth-order valence-corrected chi connectivity index (χ4v) is 3.20. The molecule has 14 heavy (non-hydrogen) atoms. The number of halogens is 1. The molecule has 0 spiro atoms. The lowest BCUT2D eigenvalue weighted by atomic mass is 10.0. The standard InChI is InChI=1S/C9H11BrN2OS/c10-8-4-7(11-12-9(8)13)3-6-1-2-14-5-6/h4,6H,1-3,5H2,(H,12,13). The Kier molecular flexibility index (Phi) is 3.28. The maximum absolute atomic E-state index is 11.0. The van der Waals surface area contributed by atoms with Gasteiger partial charge in [0.2, 0.25) is 0 Å². The van der Waals surface area contributed by atoms with E-state index in [0.29, 0.717) is 4.47 Å². The molecule has 76 valence electrons. The lowest BCUT2D eigenvalue weighted by molar-refractivity contribution is 0.580. The van der Waals surface area contributed by atoms with Crippen LogP contribution in [0, 0.1) is 5.92 Å². The van der Waals surface area contributed by atoms with E-state index < -0.39 is 0 Å². The monoisotopic (exact) mass is 274 g/mol. The molecule has 3 nitrogen and oxygen atoms in total. The van der Waals surface area contributed by atoms with Crippen LogP contribution in [-0.4, -0.2) is 21.7 Å². The van der Waals surface area contributed by atoms with Crippen molar-refractivity contribution in [1.29, 1.82) is 0 Å². The van der Waals surface area contributed by atoms with E-state index in [0.717, 1.165) is 18.0 Å². The van der Waals surface area contributed by atoms with Crippen LogP contribution in [0.4, 0.5) is 0 Å². The van der Waals surface area contributed by atoms with Crippen molar-refractivity contribution in [1.82, 2.24) is 10.2 Å². The number of thioether (sulfide) groups is 1. The van der Waals surface area contributed by atoms with Crippen LogP contribution in [0.5, 0.6) is 0 Å². The Morgan fingerprint density at radius 1 is 1.71 bits per heavy atom. The molecule has 0 saturated carbocycles. The second-order valence-corrected chi connectivity index (χ2v) is 5.47. The van der Waals surface area contributed by atoms with Gasteiger partial charge in [-0.3, -0.25) is 4.79 Å². The normalized spacial score (nSPS) is 21.4. The topological polar surface area (TPSA) is 45.8 Å². The lowest BCUT2D eigenvalue weighted by Crippen LogP contribution is -2.13. The maximum atomic E-state index is 11.0. The average Bonchev–Trinajstić information content (AvgIpc) is 2.64. The predicted octanol–water partition coefficient (Wildman–Crippen LogP) is 1.83. The highest BCUT2D eigenvalue weighted by molar-refractivity contribution is 9.10. The van der Waals surface area contributed by atoms with E-state index in [-0.39, 0.29) is 5.56 Å². The molecular formula is C9H11BrN2OS. The summed E-state index contributed by atoms with van der Waals surface area (Å²) in [5.41, 5.74) is 0.818. The molecular weight excluding hydrogens is 264 g/mol. The molecule has 0 aromatic carbocycles. The molecule has 1 aromatic rings. The van der Waals surface area contributed by atoms with Crippen molar-refractivity contribution in [2.24, 2.45) is 5.92 Å². The highest BCUT2D eigenvalue weighted by Crippen LogP contribution is 2.26. The van der Waals surface area contributed by atoms with Gasteiger partial charge in [-0.05, 0) is 52.3 Å².